The van der Waals surface area contributed by atoms with Crippen LogP contribution < -0.4 is 10.2 Å². The molecule has 3 saturated heterocycles. The number of carbonyl (C=O) groups excluding carboxylic acids is 4. The summed E-state index contributed by atoms with van der Waals surface area (Å²) in [7, 11) is 0. The first-order valence-corrected chi connectivity index (χ1v) is 18.3. The van der Waals surface area contributed by atoms with Crippen molar-refractivity contribution in [2.24, 2.45) is 17.8 Å². The van der Waals surface area contributed by atoms with Gasteiger partial charge in [-0.1, -0.05) is 86.7 Å². The number of aliphatic hydroxyl groups excluding tert-OH is 1. The van der Waals surface area contributed by atoms with Gasteiger partial charge in [-0.2, -0.15) is 0 Å². The van der Waals surface area contributed by atoms with Crippen molar-refractivity contribution < 1.29 is 33.8 Å². The fourth-order valence-corrected chi connectivity index (χ4v) is 8.44. The van der Waals surface area contributed by atoms with E-state index in [0.29, 0.717) is 36.9 Å². The zero-order chi connectivity index (χ0) is 37.0. The second-order valence-electron chi connectivity index (χ2n) is 14.5. The van der Waals surface area contributed by atoms with Gasteiger partial charge in [0, 0.05) is 18.7 Å². The van der Waals surface area contributed by atoms with Crippen LogP contribution in [0.15, 0.2) is 98.1 Å². The number of aliphatic hydroxyl groups is 1. The van der Waals surface area contributed by atoms with Crippen molar-refractivity contribution in [3.8, 4) is 0 Å². The maximum Gasteiger partial charge on any atom is 0.313 e. The molecular formula is C42H49N3O7. The van der Waals surface area contributed by atoms with E-state index in [4.69, 9.17) is 9.47 Å². The van der Waals surface area contributed by atoms with Gasteiger partial charge in [0.2, 0.25) is 11.8 Å². The highest BCUT2D eigenvalue weighted by Gasteiger charge is 2.75. The van der Waals surface area contributed by atoms with Crippen LogP contribution in [0.2, 0.25) is 0 Å². The summed E-state index contributed by atoms with van der Waals surface area (Å²) in [5, 5.41) is 15.6. The highest BCUT2D eigenvalue weighted by Crippen LogP contribution is 2.59. The minimum Gasteiger partial charge on any atom is -0.455 e. The molecule has 3 amide bonds. The lowest BCUT2D eigenvalue weighted by atomic mass is 9.70. The van der Waals surface area contributed by atoms with Crippen LogP contribution in [0.25, 0.3) is 10.8 Å². The number of esters is 1. The van der Waals surface area contributed by atoms with E-state index < -0.39 is 53.6 Å². The summed E-state index contributed by atoms with van der Waals surface area (Å²) < 4.78 is 12.9. The van der Waals surface area contributed by atoms with Crippen molar-refractivity contribution in [2.75, 3.05) is 24.6 Å². The van der Waals surface area contributed by atoms with Gasteiger partial charge >= 0.3 is 5.97 Å². The number of nitrogens with one attached hydrogen (secondary N) is 1. The number of anilines is 1. The van der Waals surface area contributed by atoms with Gasteiger partial charge in [-0.25, -0.2) is 0 Å². The summed E-state index contributed by atoms with van der Waals surface area (Å²) in [4.78, 5) is 59.9. The number of fused-ring (bicyclic) bond motifs is 2. The van der Waals surface area contributed by atoms with E-state index in [-0.39, 0.29) is 43.8 Å². The third kappa shape index (κ3) is 7.01. The highest BCUT2D eigenvalue weighted by atomic mass is 16.6. The monoisotopic (exact) mass is 707 g/mol. The van der Waals surface area contributed by atoms with Crippen LogP contribution in [0.5, 0.6) is 0 Å². The molecule has 0 aromatic heterocycles. The summed E-state index contributed by atoms with van der Waals surface area (Å²) in [5.41, 5.74) is 0.0352. The smallest absolute Gasteiger partial charge is 0.313 e. The first-order chi connectivity index (χ1) is 25.1. The van der Waals surface area contributed by atoms with Crippen LogP contribution in [-0.2, 0) is 28.7 Å². The Labute approximate surface area is 305 Å². The molecule has 52 heavy (non-hydrogen) atoms. The van der Waals surface area contributed by atoms with E-state index in [9.17, 15) is 19.5 Å². The number of nitrogens with zero attached hydrogens (tertiary/aromatic N) is 2. The van der Waals surface area contributed by atoms with Crippen molar-refractivity contribution in [1.29, 1.82) is 0 Å². The summed E-state index contributed by atoms with van der Waals surface area (Å²) in [6.45, 7) is 11.5. The Kier molecular flexibility index (Phi) is 11.3. The quantitative estimate of drug-likeness (QED) is 0.149. The third-order valence-corrected chi connectivity index (χ3v) is 10.7. The normalized spacial score (nSPS) is 24.4. The molecule has 3 aliphatic rings. The number of hydrogen-bond acceptors (Lipinski definition) is 7. The van der Waals surface area contributed by atoms with Gasteiger partial charge in [-0.3, -0.25) is 19.2 Å². The van der Waals surface area contributed by atoms with Gasteiger partial charge in [-0.05, 0) is 60.1 Å². The Hall–Kier alpha value is -4.80. The molecule has 3 fully saturated rings. The van der Waals surface area contributed by atoms with Crippen LogP contribution in [0.4, 0.5) is 5.69 Å². The van der Waals surface area contributed by atoms with E-state index in [1.165, 1.54) is 4.90 Å². The molecule has 10 nitrogen and oxygen atoms in total. The second-order valence-corrected chi connectivity index (χ2v) is 14.5. The predicted molar refractivity (Wildman–Crippen MR) is 199 cm³/mol. The molecule has 7 atom stereocenters. The molecule has 10 heteroatoms. The number of ether oxygens (including phenoxy) is 2. The SMILES string of the molecule is C=CCCC(=O)NC[C@@H](OC(=O)[C@@H]1[C@H]2C(=O)N([C@@H](CO)CC(C)C)[C@H](C(=O)N(CC=C)c3ccc4ccccc4c3)[C@]23CC[C@H]1O3)c1ccccc1. The number of amides is 3. The van der Waals surface area contributed by atoms with E-state index >= 15 is 4.79 Å². The van der Waals surface area contributed by atoms with Crippen LogP contribution in [-0.4, -0.2) is 77.2 Å². The number of rotatable bonds is 16. The molecule has 0 radical (unpaired) electrons. The number of carbonyl (C=O) groups is 4. The molecule has 274 valence electrons. The topological polar surface area (TPSA) is 125 Å². The first-order valence-electron chi connectivity index (χ1n) is 18.3. The van der Waals surface area contributed by atoms with Gasteiger partial charge in [-0.15, -0.1) is 13.2 Å². The van der Waals surface area contributed by atoms with Crippen molar-refractivity contribution in [1.82, 2.24) is 10.2 Å². The van der Waals surface area contributed by atoms with Crippen LogP contribution in [0, 0.1) is 17.8 Å². The molecule has 3 aromatic rings. The molecule has 1 spiro atoms. The molecule has 3 heterocycles. The van der Waals surface area contributed by atoms with Crippen molar-refractivity contribution in [3.63, 3.8) is 0 Å². The Morgan fingerprint density at radius 1 is 1.06 bits per heavy atom. The fraction of sp³-hybridized carbons (Fsp3) is 0.429. The van der Waals surface area contributed by atoms with E-state index in [0.717, 1.165) is 10.8 Å². The first kappa shape index (κ1) is 37.0. The molecule has 2 bridgehead atoms. The summed E-state index contributed by atoms with van der Waals surface area (Å²) in [5.74, 6) is -3.42. The molecule has 2 N–H and O–H groups in total. The highest BCUT2D eigenvalue weighted by molar-refractivity contribution is 6.05. The van der Waals surface area contributed by atoms with Crippen LogP contribution >= 0.6 is 0 Å². The van der Waals surface area contributed by atoms with Gasteiger partial charge in [0.15, 0.2) is 0 Å². The zero-order valence-electron chi connectivity index (χ0n) is 30.0. The lowest BCUT2D eigenvalue weighted by Crippen LogP contribution is -2.59. The minimum absolute atomic E-state index is 0.0458. The van der Waals surface area contributed by atoms with E-state index in [2.05, 4.69) is 18.5 Å². The minimum atomic E-state index is -1.30. The lowest BCUT2D eigenvalue weighted by Gasteiger charge is -2.39. The summed E-state index contributed by atoms with van der Waals surface area (Å²) in [6.07, 6.45) is 3.94. The second kappa shape index (κ2) is 15.8. The standard InChI is InChI=1S/C42H49N3O7/c1-5-7-17-35(47)43-25-34(29-14-9-8-10-15-29)51-41(50)36-33-20-21-42(52-33)37(36)39(48)45(32(26-46)23-27(3)4)38(42)40(49)44(22-6-2)31-19-18-28-13-11-12-16-30(28)24-31/h5-6,8-16,18-19,24,27,32-34,36-38,46H,1-2,7,17,20-23,25-26H2,3-4H3,(H,43,47)/t32-,33-,34-,36+,37+,38-,42+/m1/s1. The average Bonchev–Trinajstić information content (AvgIpc) is 3.80. The largest absolute Gasteiger partial charge is 0.455 e. The number of hydrogen-bond donors (Lipinski definition) is 2. The van der Waals surface area contributed by atoms with Crippen LogP contribution in [0.3, 0.4) is 0 Å². The summed E-state index contributed by atoms with van der Waals surface area (Å²) >= 11 is 0. The maximum absolute atomic E-state index is 15.1. The Balaban J connectivity index is 1.35. The van der Waals surface area contributed by atoms with Gasteiger partial charge in [0.05, 0.1) is 37.1 Å². The van der Waals surface area contributed by atoms with E-state index in [1.807, 2.05) is 86.6 Å². The van der Waals surface area contributed by atoms with Crippen molar-refractivity contribution in [3.05, 3.63) is 104 Å². The van der Waals surface area contributed by atoms with Gasteiger partial charge < -0.3 is 29.7 Å². The van der Waals surface area contributed by atoms with Crippen molar-refractivity contribution in [2.45, 2.75) is 75.8 Å². The molecule has 3 aliphatic heterocycles. The Bertz CT molecular complexity index is 1810. The number of benzene rings is 3. The predicted octanol–water partition coefficient (Wildman–Crippen LogP) is 5.51. The molecule has 0 unspecified atom stereocenters. The molecule has 6 rings (SSSR count). The maximum atomic E-state index is 15.1. The lowest BCUT2D eigenvalue weighted by molar-refractivity contribution is -0.161. The van der Waals surface area contributed by atoms with Crippen LogP contribution in [0.1, 0.15) is 57.6 Å². The third-order valence-electron chi connectivity index (χ3n) is 10.7. The number of likely N-dealkylation sites (tertiary alicyclic amines) is 1. The molecule has 3 aromatic carbocycles. The Morgan fingerprint density at radius 2 is 1.79 bits per heavy atom. The molecule has 0 saturated carbocycles. The average molecular weight is 708 g/mol. The fourth-order valence-electron chi connectivity index (χ4n) is 8.44. The Morgan fingerprint density at radius 3 is 2.48 bits per heavy atom. The molecular weight excluding hydrogens is 658 g/mol. The summed E-state index contributed by atoms with van der Waals surface area (Å²) in [6, 6.07) is 21.0. The van der Waals surface area contributed by atoms with Gasteiger partial charge in [0.1, 0.15) is 17.7 Å². The van der Waals surface area contributed by atoms with Crippen molar-refractivity contribution >= 4 is 40.2 Å². The van der Waals surface area contributed by atoms with Gasteiger partial charge in [0.25, 0.3) is 5.91 Å². The zero-order valence-corrected chi connectivity index (χ0v) is 30.0. The molecule has 0 aliphatic carbocycles. The van der Waals surface area contributed by atoms with E-state index in [1.54, 1.807) is 17.1 Å². The number of allylic oxidation sites excluding steroid dienone is 1.